The molecule has 4 saturated carbocycles. The van der Waals surface area contributed by atoms with Crippen LogP contribution in [0.2, 0.25) is 0 Å². The van der Waals surface area contributed by atoms with Crippen molar-refractivity contribution in [1.82, 2.24) is 4.90 Å². The molecule has 4 aliphatic rings. The van der Waals surface area contributed by atoms with Crippen molar-refractivity contribution in [3.05, 3.63) is 35.9 Å². The molecule has 1 aromatic rings. The summed E-state index contributed by atoms with van der Waals surface area (Å²) in [5.41, 5.74) is 1.43. The van der Waals surface area contributed by atoms with Crippen molar-refractivity contribution >= 4 is 0 Å². The van der Waals surface area contributed by atoms with E-state index in [1.165, 1.54) is 24.8 Å². The van der Waals surface area contributed by atoms with Crippen LogP contribution in [-0.4, -0.2) is 52.1 Å². The Bertz CT molecular complexity index is 877. The van der Waals surface area contributed by atoms with Gasteiger partial charge >= 0.3 is 0 Å². The van der Waals surface area contributed by atoms with Crippen molar-refractivity contribution in [3.8, 4) is 0 Å². The Morgan fingerprint density at radius 1 is 0.972 bits per heavy atom. The Kier molecular flexibility index (Phi) is 7.64. The molecule has 36 heavy (non-hydrogen) atoms. The average molecular weight is 498 g/mol. The summed E-state index contributed by atoms with van der Waals surface area (Å²) in [7, 11) is 2.22. The van der Waals surface area contributed by atoms with E-state index >= 15 is 0 Å². The van der Waals surface area contributed by atoms with E-state index in [-0.39, 0.29) is 29.1 Å². The maximum absolute atomic E-state index is 11.8. The molecule has 4 nitrogen and oxygen atoms in total. The highest BCUT2D eigenvalue weighted by atomic mass is 16.3. The first kappa shape index (κ1) is 26.7. The summed E-state index contributed by atoms with van der Waals surface area (Å²) in [4.78, 5) is 2.43. The molecule has 1 aromatic carbocycles. The van der Waals surface area contributed by atoms with Gasteiger partial charge in [-0.1, -0.05) is 51.1 Å². The maximum Gasteiger partial charge on any atom is 0.0602 e. The van der Waals surface area contributed by atoms with Crippen LogP contribution in [-0.2, 0) is 6.54 Å². The molecular formula is C32H51NO3. The Hall–Kier alpha value is -0.940. The highest BCUT2D eigenvalue weighted by Gasteiger charge is 2.65. The van der Waals surface area contributed by atoms with E-state index in [0.717, 1.165) is 51.6 Å². The molecule has 0 amide bonds. The Morgan fingerprint density at radius 2 is 1.72 bits per heavy atom. The van der Waals surface area contributed by atoms with Crippen molar-refractivity contribution < 1.29 is 15.3 Å². The zero-order valence-electron chi connectivity index (χ0n) is 23.1. The van der Waals surface area contributed by atoms with Crippen molar-refractivity contribution in [1.29, 1.82) is 0 Å². The molecular weight excluding hydrogens is 446 g/mol. The van der Waals surface area contributed by atoms with Crippen molar-refractivity contribution in [2.75, 3.05) is 13.6 Å². The highest BCUT2D eigenvalue weighted by molar-refractivity contribution is 5.15. The summed E-state index contributed by atoms with van der Waals surface area (Å²) in [5, 5.41) is 33.6. The fraction of sp³-hybridized carbons (Fsp3) is 0.812. The largest absolute Gasteiger partial charge is 0.393 e. The van der Waals surface area contributed by atoms with Crippen molar-refractivity contribution in [2.24, 2.45) is 46.3 Å². The lowest BCUT2D eigenvalue weighted by Crippen LogP contribution is -2.62. The minimum atomic E-state index is -0.283. The third kappa shape index (κ3) is 4.59. The number of aliphatic hydroxyl groups excluding tert-OH is 3. The minimum Gasteiger partial charge on any atom is -0.393 e. The van der Waals surface area contributed by atoms with Crippen LogP contribution in [0.1, 0.15) is 84.1 Å². The van der Waals surface area contributed by atoms with Gasteiger partial charge in [-0.25, -0.2) is 0 Å². The highest BCUT2D eigenvalue weighted by Crippen LogP contribution is 2.68. The first-order valence-electron chi connectivity index (χ1n) is 14.9. The Balaban J connectivity index is 1.24. The Morgan fingerprint density at radius 3 is 2.47 bits per heavy atom. The number of rotatable bonds is 7. The van der Waals surface area contributed by atoms with E-state index in [2.05, 4.69) is 63.1 Å². The van der Waals surface area contributed by atoms with Gasteiger partial charge in [0.15, 0.2) is 0 Å². The van der Waals surface area contributed by atoms with Crippen LogP contribution in [0.25, 0.3) is 0 Å². The third-order valence-electron chi connectivity index (χ3n) is 12.0. The number of hydrogen-bond acceptors (Lipinski definition) is 4. The number of nitrogens with zero attached hydrogens (tertiary/aromatic N) is 1. The van der Waals surface area contributed by atoms with Crippen LogP contribution in [0.15, 0.2) is 30.3 Å². The first-order chi connectivity index (χ1) is 17.1. The van der Waals surface area contributed by atoms with Crippen LogP contribution in [0, 0.1) is 46.3 Å². The van der Waals surface area contributed by atoms with E-state index < -0.39 is 0 Å². The van der Waals surface area contributed by atoms with Crippen LogP contribution in [0.4, 0.5) is 0 Å². The van der Waals surface area contributed by atoms with Gasteiger partial charge in [-0.05, 0) is 123 Å². The van der Waals surface area contributed by atoms with Gasteiger partial charge in [-0.3, -0.25) is 0 Å². The maximum atomic E-state index is 11.8. The van der Waals surface area contributed by atoms with Gasteiger partial charge in [0, 0.05) is 6.54 Å². The topological polar surface area (TPSA) is 63.9 Å². The second-order valence-corrected chi connectivity index (χ2v) is 13.9. The second kappa shape index (κ2) is 10.3. The smallest absolute Gasteiger partial charge is 0.0602 e. The second-order valence-electron chi connectivity index (χ2n) is 13.9. The van der Waals surface area contributed by atoms with E-state index in [9.17, 15) is 15.3 Å². The molecule has 11 unspecified atom stereocenters. The van der Waals surface area contributed by atoms with Crippen molar-refractivity contribution in [3.63, 3.8) is 0 Å². The molecule has 11 atom stereocenters. The quantitative estimate of drug-likeness (QED) is 0.466. The van der Waals surface area contributed by atoms with Gasteiger partial charge in [-0.2, -0.15) is 0 Å². The van der Waals surface area contributed by atoms with Gasteiger partial charge in [0.1, 0.15) is 0 Å². The SMILES string of the molecule is CC(CCCN(C)Cc1ccccc1)C1CCC2C3C(O)CC4CC(O)CCC4(C)C3CC(O)C12C. The molecule has 0 aliphatic heterocycles. The number of benzene rings is 1. The average Bonchev–Trinajstić information content (AvgIpc) is 3.20. The van der Waals surface area contributed by atoms with E-state index in [1.807, 2.05) is 0 Å². The Labute approximate surface area is 219 Å². The van der Waals surface area contributed by atoms with Gasteiger partial charge in [0.25, 0.3) is 0 Å². The number of aliphatic hydroxyl groups is 3. The summed E-state index contributed by atoms with van der Waals surface area (Å²) in [6, 6.07) is 10.7. The molecule has 0 aromatic heterocycles. The molecule has 0 saturated heterocycles. The molecule has 0 radical (unpaired) electrons. The number of hydrogen-bond donors (Lipinski definition) is 3. The molecule has 0 spiro atoms. The zero-order chi connectivity index (χ0) is 25.7. The summed E-state index contributed by atoms with van der Waals surface area (Å²) < 4.78 is 0. The van der Waals surface area contributed by atoms with Crippen LogP contribution >= 0.6 is 0 Å². The fourth-order valence-corrected chi connectivity index (χ4v) is 9.99. The monoisotopic (exact) mass is 497 g/mol. The van der Waals surface area contributed by atoms with Crippen molar-refractivity contribution in [2.45, 2.75) is 103 Å². The predicted molar refractivity (Wildman–Crippen MR) is 145 cm³/mol. The first-order valence-corrected chi connectivity index (χ1v) is 14.9. The summed E-state index contributed by atoms with van der Waals surface area (Å²) in [6.45, 7) is 9.31. The standard InChI is InChI=1S/C32H51NO3/c1-21(9-8-16-33(4)20-22-10-6-5-7-11-22)25-12-13-26-30-27(19-29(36)32(25,26)3)31(2)15-14-24(34)17-23(31)18-28(30)35/h5-7,10-11,21,23-30,34-36H,8-9,12-20H2,1-4H3. The summed E-state index contributed by atoms with van der Waals surface area (Å²) in [5.74, 6) is 2.61. The normalized spacial score (nSPS) is 45.1. The van der Waals surface area contributed by atoms with Gasteiger partial charge in [0.2, 0.25) is 0 Å². The summed E-state index contributed by atoms with van der Waals surface area (Å²) >= 11 is 0. The van der Waals surface area contributed by atoms with Gasteiger partial charge in [-0.15, -0.1) is 0 Å². The molecule has 3 N–H and O–H groups in total. The lowest BCUT2D eigenvalue weighted by Gasteiger charge is -2.63. The van der Waals surface area contributed by atoms with E-state index in [4.69, 9.17) is 0 Å². The van der Waals surface area contributed by atoms with Crippen LogP contribution < -0.4 is 0 Å². The van der Waals surface area contributed by atoms with E-state index in [1.54, 1.807) is 0 Å². The lowest BCUT2D eigenvalue weighted by atomic mass is 9.43. The fourth-order valence-electron chi connectivity index (χ4n) is 9.99. The van der Waals surface area contributed by atoms with E-state index in [0.29, 0.717) is 35.5 Å². The molecule has 202 valence electrons. The molecule has 5 rings (SSSR count). The molecule has 0 bridgehead atoms. The van der Waals surface area contributed by atoms with Gasteiger partial charge in [0.05, 0.1) is 18.3 Å². The molecule has 4 fully saturated rings. The number of fused-ring (bicyclic) bond motifs is 5. The lowest BCUT2D eigenvalue weighted by molar-refractivity contribution is -0.207. The summed E-state index contributed by atoms with van der Waals surface area (Å²) in [6.07, 6.45) is 8.37. The molecule has 0 heterocycles. The molecule has 4 aliphatic carbocycles. The van der Waals surface area contributed by atoms with Crippen LogP contribution in [0.5, 0.6) is 0 Å². The van der Waals surface area contributed by atoms with Crippen LogP contribution in [0.3, 0.4) is 0 Å². The molecule has 4 heteroatoms. The third-order valence-corrected chi connectivity index (χ3v) is 12.0. The van der Waals surface area contributed by atoms with Gasteiger partial charge < -0.3 is 20.2 Å². The predicted octanol–water partition coefficient (Wildman–Crippen LogP) is 5.50. The zero-order valence-corrected chi connectivity index (χ0v) is 23.1. The minimum absolute atomic E-state index is 0.0884.